The van der Waals surface area contributed by atoms with Gasteiger partial charge in [-0.1, -0.05) is 0 Å². The van der Waals surface area contributed by atoms with Gasteiger partial charge in [0.15, 0.2) is 5.65 Å². The molecule has 2 heterocycles. The molecule has 2 aromatic rings. The summed E-state index contributed by atoms with van der Waals surface area (Å²) in [4.78, 5) is 12.3. The number of fused-ring (bicyclic) bond motifs is 1. The van der Waals surface area contributed by atoms with Crippen molar-refractivity contribution in [2.75, 3.05) is 0 Å². The molecule has 4 heteroatoms. The Morgan fingerprint density at radius 2 is 2.00 bits per heavy atom. The summed E-state index contributed by atoms with van der Waals surface area (Å²) in [6.45, 7) is 6.36. The van der Waals surface area contributed by atoms with Crippen LogP contribution < -0.4 is 0 Å². The van der Waals surface area contributed by atoms with Crippen LogP contribution in [0.1, 0.15) is 20.8 Å². The van der Waals surface area contributed by atoms with E-state index in [0.29, 0.717) is 0 Å². The van der Waals surface area contributed by atoms with Gasteiger partial charge in [-0.25, -0.2) is 15.0 Å². The lowest BCUT2D eigenvalue weighted by Gasteiger charge is -2.20. The van der Waals surface area contributed by atoms with Crippen molar-refractivity contribution >= 4 is 11.2 Å². The number of rotatable bonds is 0. The highest BCUT2D eigenvalue weighted by Crippen LogP contribution is 2.18. The lowest BCUT2D eigenvalue weighted by atomic mass is 10.1. The zero-order chi connectivity index (χ0) is 9.47. The molecule has 0 fully saturated rings. The molecule has 2 rings (SSSR count). The largest absolute Gasteiger partial charge is 0.310 e. The van der Waals surface area contributed by atoms with Crippen LogP contribution in [0.5, 0.6) is 0 Å². The Labute approximate surface area is 76.7 Å². The van der Waals surface area contributed by atoms with E-state index in [1.807, 2.05) is 4.57 Å². The molecule has 0 unspecified atom stereocenters. The maximum atomic E-state index is 4.22. The van der Waals surface area contributed by atoms with E-state index in [1.54, 1.807) is 18.9 Å². The third kappa shape index (κ3) is 1.28. The third-order valence-electron chi connectivity index (χ3n) is 1.94. The molecule has 0 aromatic carbocycles. The molecule has 0 saturated carbocycles. The number of imidazole rings is 1. The van der Waals surface area contributed by atoms with Gasteiger partial charge in [0.25, 0.3) is 0 Å². The number of nitrogens with zero attached hydrogens (tertiary/aromatic N) is 4. The second kappa shape index (κ2) is 2.52. The molecule has 0 saturated heterocycles. The Morgan fingerprint density at radius 3 is 2.69 bits per heavy atom. The summed E-state index contributed by atoms with van der Waals surface area (Å²) >= 11 is 0. The first-order chi connectivity index (χ1) is 6.09. The fourth-order valence-electron chi connectivity index (χ4n) is 1.26. The van der Waals surface area contributed by atoms with Crippen LogP contribution in [0.4, 0.5) is 0 Å². The van der Waals surface area contributed by atoms with Crippen molar-refractivity contribution in [1.82, 2.24) is 19.5 Å². The minimum absolute atomic E-state index is 0.0170. The normalized spacial score (nSPS) is 12.2. The minimum atomic E-state index is 0.0170. The molecule has 0 radical (unpaired) electrons. The van der Waals surface area contributed by atoms with E-state index in [1.165, 1.54) is 0 Å². The molecular formula is C9H12N4. The quantitative estimate of drug-likeness (QED) is 0.612. The van der Waals surface area contributed by atoms with Gasteiger partial charge in [-0.15, -0.1) is 0 Å². The molecule has 2 aromatic heterocycles. The zero-order valence-electron chi connectivity index (χ0n) is 8.02. The second-order valence-electron chi connectivity index (χ2n) is 4.02. The monoisotopic (exact) mass is 176 g/mol. The number of hydrogen-bond donors (Lipinski definition) is 0. The second-order valence-corrected chi connectivity index (χ2v) is 4.02. The van der Waals surface area contributed by atoms with Crippen LogP contribution in [-0.4, -0.2) is 19.5 Å². The third-order valence-corrected chi connectivity index (χ3v) is 1.94. The van der Waals surface area contributed by atoms with E-state index in [2.05, 4.69) is 35.7 Å². The van der Waals surface area contributed by atoms with Crippen LogP contribution in [-0.2, 0) is 5.54 Å². The van der Waals surface area contributed by atoms with Crippen molar-refractivity contribution < 1.29 is 0 Å². The molecule has 0 atom stereocenters. The standard InChI is InChI=1S/C9H12N4/c1-9(2,3)13-6-12-7-4-10-5-11-8(7)13/h4-6H,1-3H3. The Kier molecular flexibility index (Phi) is 1.58. The van der Waals surface area contributed by atoms with Gasteiger partial charge in [0.2, 0.25) is 0 Å². The summed E-state index contributed by atoms with van der Waals surface area (Å²) in [6, 6.07) is 0. The van der Waals surface area contributed by atoms with E-state index in [9.17, 15) is 0 Å². The smallest absolute Gasteiger partial charge is 0.163 e. The predicted octanol–water partition coefficient (Wildman–Crippen LogP) is 1.58. The Bertz CT molecular complexity index is 424. The highest BCUT2D eigenvalue weighted by Gasteiger charge is 2.16. The average molecular weight is 176 g/mol. The predicted molar refractivity (Wildman–Crippen MR) is 50.3 cm³/mol. The fourth-order valence-corrected chi connectivity index (χ4v) is 1.26. The lowest BCUT2D eigenvalue weighted by molar-refractivity contribution is 0.406. The maximum Gasteiger partial charge on any atom is 0.163 e. The number of hydrogen-bond acceptors (Lipinski definition) is 3. The number of aromatic nitrogens is 4. The molecule has 0 aliphatic rings. The van der Waals surface area contributed by atoms with Crippen LogP contribution >= 0.6 is 0 Å². The molecule has 0 aliphatic carbocycles. The van der Waals surface area contributed by atoms with Gasteiger partial charge in [0, 0.05) is 5.54 Å². The zero-order valence-corrected chi connectivity index (χ0v) is 8.02. The Hall–Kier alpha value is -1.45. The summed E-state index contributed by atoms with van der Waals surface area (Å²) in [5.41, 5.74) is 1.75. The molecule has 0 N–H and O–H groups in total. The molecule has 0 bridgehead atoms. The molecular weight excluding hydrogens is 164 g/mol. The summed E-state index contributed by atoms with van der Waals surface area (Å²) in [5.74, 6) is 0. The van der Waals surface area contributed by atoms with Gasteiger partial charge >= 0.3 is 0 Å². The molecule has 0 spiro atoms. The van der Waals surface area contributed by atoms with Crippen molar-refractivity contribution in [2.24, 2.45) is 0 Å². The van der Waals surface area contributed by atoms with Gasteiger partial charge in [-0.2, -0.15) is 0 Å². The van der Waals surface area contributed by atoms with E-state index in [4.69, 9.17) is 0 Å². The summed E-state index contributed by atoms with van der Waals surface area (Å²) < 4.78 is 2.05. The Balaban J connectivity index is 2.72. The molecule has 68 valence electrons. The highest BCUT2D eigenvalue weighted by molar-refractivity contribution is 5.69. The van der Waals surface area contributed by atoms with E-state index in [-0.39, 0.29) is 5.54 Å². The van der Waals surface area contributed by atoms with Crippen LogP contribution in [0.25, 0.3) is 11.2 Å². The summed E-state index contributed by atoms with van der Waals surface area (Å²) in [7, 11) is 0. The first-order valence-electron chi connectivity index (χ1n) is 4.22. The fraction of sp³-hybridized carbons (Fsp3) is 0.444. The molecule has 4 nitrogen and oxygen atoms in total. The molecule has 13 heavy (non-hydrogen) atoms. The van der Waals surface area contributed by atoms with Gasteiger partial charge in [0.05, 0.1) is 12.5 Å². The highest BCUT2D eigenvalue weighted by atomic mass is 15.2. The van der Waals surface area contributed by atoms with Crippen LogP contribution in [0.15, 0.2) is 18.9 Å². The van der Waals surface area contributed by atoms with Gasteiger partial charge in [-0.05, 0) is 20.8 Å². The van der Waals surface area contributed by atoms with Crippen LogP contribution in [0, 0.1) is 0 Å². The van der Waals surface area contributed by atoms with Crippen LogP contribution in [0.2, 0.25) is 0 Å². The van der Waals surface area contributed by atoms with E-state index in [0.717, 1.165) is 11.2 Å². The lowest BCUT2D eigenvalue weighted by Crippen LogP contribution is -2.20. The average Bonchev–Trinajstić information content (AvgIpc) is 2.45. The van der Waals surface area contributed by atoms with Crippen molar-refractivity contribution in [3.05, 3.63) is 18.9 Å². The van der Waals surface area contributed by atoms with Crippen molar-refractivity contribution in [2.45, 2.75) is 26.3 Å². The van der Waals surface area contributed by atoms with Crippen LogP contribution in [0.3, 0.4) is 0 Å². The van der Waals surface area contributed by atoms with Gasteiger partial charge in [-0.3, -0.25) is 0 Å². The summed E-state index contributed by atoms with van der Waals surface area (Å²) in [5, 5.41) is 0. The van der Waals surface area contributed by atoms with Gasteiger partial charge in [0.1, 0.15) is 11.8 Å². The van der Waals surface area contributed by atoms with Crippen molar-refractivity contribution in [3.8, 4) is 0 Å². The van der Waals surface area contributed by atoms with Gasteiger partial charge < -0.3 is 4.57 Å². The first-order valence-corrected chi connectivity index (χ1v) is 4.22. The van der Waals surface area contributed by atoms with E-state index < -0.39 is 0 Å². The molecule has 0 amide bonds. The maximum absolute atomic E-state index is 4.22. The van der Waals surface area contributed by atoms with E-state index >= 15 is 0 Å². The van der Waals surface area contributed by atoms with Crippen molar-refractivity contribution in [1.29, 1.82) is 0 Å². The Morgan fingerprint density at radius 1 is 1.23 bits per heavy atom. The van der Waals surface area contributed by atoms with Crippen molar-refractivity contribution in [3.63, 3.8) is 0 Å². The molecule has 0 aliphatic heterocycles. The minimum Gasteiger partial charge on any atom is -0.310 e. The topological polar surface area (TPSA) is 43.6 Å². The SMILES string of the molecule is CC(C)(C)n1cnc2cncnc21. The first kappa shape index (κ1) is 8.16. The summed E-state index contributed by atoms with van der Waals surface area (Å²) in [6.07, 6.45) is 5.08.